The maximum Gasteiger partial charge on any atom is 0.390 e. The maximum absolute atomic E-state index is 12.6. The molecule has 26 heavy (non-hydrogen) atoms. The number of sulfonamides is 1. The summed E-state index contributed by atoms with van der Waals surface area (Å²) in [4.78, 5) is 2.74. The van der Waals surface area contributed by atoms with Gasteiger partial charge >= 0.3 is 6.18 Å². The molecule has 1 aromatic carbocycles. The Kier molecular flexibility index (Phi) is 4.84. The van der Waals surface area contributed by atoms with Crippen LogP contribution in [0.3, 0.4) is 0 Å². The Labute approximate surface area is 155 Å². The molecule has 0 aliphatic carbocycles. The van der Waals surface area contributed by atoms with Crippen LogP contribution in [0.25, 0.3) is 10.9 Å². The molecule has 2 heterocycles. The molecule has 0 radical (unpaired) electrons. The van der Waals surface area contributed by atoms with E-state index in [1.165, 1.54) is 12.3 Å². The van der Waals surface area contributed by atoms with E-state index in [4.69, 9.17) is 23.2 Å². The van der Waals surface area contributed by atoms with Crippen LogP contribution in [0.5, 0.6) is 0 Å². The standard InChI is InChI=1S/C14H11Cl2F3N4O2S/c15-8-1-2-9-10(5-8)20-7-12(9)26(24,25)22-11-6-21-23(13(11)16)4-3-14(17,18)19/h1-2,5-7,20,22H,3-4H2. The van der Waals surface area contributed by atoms with Gasteiger partial charge in [-0.25, -0.2) is 8.42 Å². The molecule has 140 valence electrons. The van der Waals surface area contributed by atoms with Gasteiger partial charge < -0.3 is 4.98 Å². The number of hydrogen-bond donors (Lipinski definition) is 2. The van der Waals surface area contributed by atoms with Crippen molar-refractivity contribution >= 4 is 49.8 Å². The molecule has 0 unspecified atom stereocenters. The van der Waals surface area contributed by atoms with Gasteiger partial charge in [-0.05, 0) is 18.2 Å². The fourth-order valence-electron chi connectivity index (χ4n) is 2.32. The van der Waals surface area contributed by atoms with Crippen molar-refractivity contribution in [3.05, 3.63) is 40.8 Å². The lowest BCUT2D eigenvalue weighted by molar-refractivity contribution is -0.137. The first-order valence-electron chi connectivity index (χ1n) is 7.14. The zero-order chi connectivity index (χ0) is 19.1. The maximum atomic E-state index is 12.6. The highest BCUT2D eigenvalue weighted by molar-refractivity contribution is 7.93. The van der Waals surface area contributed by atoms with Gasteiger partial charge in [0.05, 0.1) is 19.2 Å². The van der Waals surface area contributed by atoms with Crippen LogP contribution in [0.4, 0.5) is 18.9 Å². The Balaban J connectivity index is 1.87. The molecule has 12 heteroatoms. The van der Waals surface area contributed by atoms with Crippen LogP contribution in [0.15, 0.2) is 35.5 Å². The van der Waals surface area contributed by atoms with Crippen molar-refractivity contribution in [1.29, 1.82) is 0 Å². The summed E-state index contributed by atoms with van der Waals surface area (Å²) in [6, 6.07) is 4.65. The van der Waals surface area contributed by atoms with E-state index in [0.717, 1.165) is 10.9 Å². The molecular formula is C14H11Cl2F3N4O2S. The number of nitrogens with zero attached hydrogens (tertiary/aromatic N) is 2. The largest absolute Gasteiger partial charge is 0.390 e. The van der Waals surface area contributed by atoms with E-state index in [0.29, 0.717) is 15.9 Å². The van der Waals surface area contributed by atoms with Crippen molar-refractivity contribution in [2.24, 2.45) is 0 Å². The summed E-state index contributed by atoms with van der Waals surface area (Å²) >= 11 is 11.8. The van der Waals surface area contributed by atoms with Gasteiger partial charge in [0.15, 0.2) is 5.15 Å². The van der Waals surface area contributed by atoms with E-state index in [1.807, 2.05) is 0 Å². The highest BCUT2D eigenvalue weighted by Crippen LogP contribution is 2.30. The molecule has 0 aliphatic rings. The zero-order valence-corrected chi connectivity index (χ0v) is 15.1. The van der Waals surface area contributed by atoms with Crippen LogP contribution in [0.2, 0.25) is 10.2 Å². The summed E-state index contributed by atoms with van der Waals surface area (Å²) in [5.41, 5.74) is 0.405. The van der Waals surface area contributed by atoms with Crippen molar-refractivity contribution in [2.45, 2.75) is 24.0 Å². The van der Waals surface area contributed by atoms with Crippen molar-refractivity contribution in [1.82, 2.24) is 14.8 Å². The fraction of sp³-hybridized carbons (Fsp3) is 0.214. The average Bonchev–Trinajstić information content (AvgIpc) is 3.09. The van der Waals surface area contributed by atoms with Gasteiger partial charge in [-0.2, -0.15) is 18.3 Å². The minimum Gasteiger partial charge on any atom is -0.360 e. The number of halogens is 5. The number of nitrogens with one attached hydrogen (secondary N) is 2. The quantitative estimate of drug-likeness (QED) is 0.633. The number of alkyl halides is 3. The van der Waals surface area contributed by atoms with Gasteiger partial charge in [-0.3, -0.25) is 9.40 Å². The molecular weight excluding hydrogens is 416 g/mol. The SMILES string of the molecule is O=S(=O)(Nc1cnn(CCC(F)(F)F)c1Cl)c1c[nH]c2cc(Cl)ccc12. The van der Waals surface area contributed by atoms with Crippen LogP contribution in [-0.4, -0.2) is 29.4 Å². The first-order chi connectivity index (χ1) is 12.1. The predicted octanol–water partition coefficient (Wildman–Crippen LogP) is 4.42. The lowest BCUT2D eigenvalue weighted by atomic mass is 10.2. The monoisotopic (exact) mass is 426 g/mol. The number of aryl methyl sites for hydroxylation is 1. The zero-order valence-electron chi connectivity index (χ0n) is 12.8. The van der Waals surface area contributed by atoms with Crippen LogP contribution in [0.1, 0.15) is 6.42 Å². The normalized spacial score (nSPS) is 12.7. The van der Waals surface area contributed by atoms with E-state index in [-0.39, 0.29) is 15.7 Å². The number of aromatic amines is 1. The Bertz CT molecular complexity index is 1060. The summed E-state index contributed by atoms with van der Waals surface area (Å²) in [6.45, 7) is -0.518. The number of benzene rings is 1. The number of anilines is 1. The highest BCUT2D eigenvalue weighted by atomic mass is 35.5. The second-order valence-corrected chi connectivity index (χ2v) is 7.83. The Morgan fingerprint density at radius 1 is 1.27 bits per heavy atom. The predicted molar refractivity (Wildman–Crippen MR) is 92.0 cm³/mol. The van der Waals surface area contributed by atoms with Crippen LogP contribution in [-0.2, 0) is 16.6 Å². The van der Waals surface area contributed by atoms with Gasteiger partial charge in [0.1, 0.15) is 10.6 Å². The number of hydrogen-bond acceptors (Lipinski definition) is 3. The van der Waals surface area contributed by atoms with Crippen molar-refractivity contribution in [3.63, 3.8) is 0 Å². The summed E-state index contributed by atoms with van der Waals surface area (Å²) in [7, 11) is -4.05. The Hall–Kier alpha value is -1.91. The summed E-state index contributed by atoms with van der Waals surface area (Å²) in [6.07, 6.45) is -3.17. The first-order valence-corrected chi connectivity index (χ1v) is 9.38. The van der Waals surface area contributed by atoms with Gasteiger partial charge in [0, 0.05) is 22.1 Å². The smallest absolute Gasteiger partial charge is 0.360 e. The van der Waals surface area contributed by atoms with E-state index in [2.05, 4.69) is 14.8 Å². The fourth-order valence-corrected chi connectivity index (χ4v) is 4.00. The molecule has 6 nitrogen and oxygen atoms in total. The van der Waals surface area contributed by atoms with Gasteiger partial charge in [0.25, 0.3) is 10.0 Å². The second-order valence-electron chi connectivity index (χ2n) is 5.39. The molecule has 0 saturated carbocycles. The van der Waals surface area contributed by atoms with E-state index < -0.39 is 29.2 Å². The minimum atomic E-state index is -4.37. The molecule has 0 amide bonds. The van der Waals surface area contributed by atoms with Crippen LogP contribution >= 0.6 is 23.2 Å². The molecule has 0 spiro atoms. The summed E-state index contributed by atoms with van der Waals surface area (Å²) < 4.78 is 65.2. The number of H-pyrrole nitrogens is 1. The number of rotatable bonds is 5. The van der Waals surface area contributed by atoms with Crippen molar-refractivity contribution in [3.8, 4) is 0 Å². The molecule has 0 aliphatic heterocycles. The minimum absolute atomic E-state index is 0.0525. The third-order valence-corrected chi connectivity index (χ3v) is 5.56. The van der Waals surface area contributed by atoms with Gasteiger partial charge in [-0.15, -0.1) is 0 Å². The second kappa shape index (κ2) is 6.67. The molecule has 2 aromatic heterocycles. The molecule has 3 rings (SSSR count). The molecule has 2 N–H and O–H groups in total. The number of aromatic nitrogens is 3. The molecule has 0 fully saturated rings. The average molecular weight is 427 g/mol. The van der Waals surface area contributed by atoms with Crippen molar-refractivity contribution in [2.75, 3.05) is 4.72 Å². The highest BCUT2D eigenvalue weighted by Gasteiger charge is 2.28. The lowest BCUT2D eigenvalue weighted by Gasteiger charge is -2.08. The van der Waals surface area contributed by atoms with E-state index in [9.17, 15) is 21.6 Å². The van der Waals surface area contributed by atoms with E-state index >= 15 is 0 Å². The van der Waals surface area contributed by atoms with Crippen LogP contribution in [0, 0.1) is 0 Å². The molecule has 0 saturated heterocycles. The Morgan fingerprint density at radius 2 is 2.00 bits per heavy atom. The first kappa shape index (κ1) is 18.9. The Morgan fingerprint density at radius 3 is 2.69 bits per heavy atom. The van der Waals surface area contributed by atoms with Crippen molar-refractivity contribution < 1.29 is 21.6 Å². The van der Waals surface area contributed by atoms with E-state index in [1.54, 1.807) is 12.1 Å². The van der Waals surface area contributed by atoms with Crippen LogP contribution < -0.4 is 4.72 Å². The van der Waals surface area contributed by atoms with Gasteiger partial charge in [-0.1, -0.05) is 23.2 Å². The third-order valence-electron chi connectivity index (χ3n) is 3.52. The third kappa shape index (κ3) is 3.92. The molecule has 3 aromatic rings. The molecule has 0 bridgehead atoms. The number of fused-ring (bicyclic) bond motifs is 1. The summed E-state index contributed by atoms with van der Waals surface area (Å²) in [5, 5.41) is 4.30. The van der Waals surface area contributed by atoms with Gasteiger partial charge in [0.2, 0.25) is 0 Å². The molecule has 0 atom stereocenters. The topological polar surface area (TPSA) is 79.8 Å². The lowest BCUT2D eigenvalue weighted by Crippen LogP contribution is -2.14. The summed E-state index contributed by atoms with van der Waals surface area (Å²) in [5.74, 6) is 0.